The zero-order valence-electron chi connectivity index (χ0n) is 14.0. The molecule has 2 amide bonds. The predicted molar refractivity (Wildman–Crippen MR) is 86.4 cm³/mol. The molecule has 0 saturated carbocycles. The molecule has 1 aliphatic rings. The third-order valence-electron chi connectivity index (χ3n) is 4.43. The molecule has 1 aliphatic heterocycles. The number of likely N-dealkylation sites (tertiary alicyclic amines) is 1. The van der Waals surface area contributed by atoms with Crippen LogP contribution >= 0.6 is 0 Å². The Balaban J connectivity index is 1.97. The zero-order valence-corrected chi connectivity index (χ0v) is 14.0. The summed E-state index contributed by atoms with van der Waals surface area (Å²) in [7, 11) is 0. The van der Waals surface area contributed by atoms with E-state index in [1.165, 1.54) is 18.2 Å². The van der Waals surface area contributed by atoms with E-state index in [4.69, 9.17) is 5.73 Å². The Labute approximate surface area is 144 Å². The number of carbonyl (C=O) groups is 2. The second kappa shape index (κ2) is 7.86. The normalized spacial score (nSPS) is 17.9. The van der Waals surface area contributed by atoms with Crippen molar-refractivity contribution in [3.63, 3.8) is 0 Å². The summed E-state index contributed by atoms with van der Waals surface area (Å²) in [5.41, 5.74) is 4.46. The summed E-state index contributed by atoms with van der Waals surface area (Å²) in [6.07, 6.45) is -3.37. The van der Waals surface area contributed by atoms with Crippen LogP contribution in [-0.2, 0) is 15.8 Å². The van der Waals surface area contributed by atoms with Gasteiger partial charge in [0.2, 0.25) is 11.8 Å². The van der Waals surface area contributed by atoms with Crippen LogP contribution in [0.15, 0.2) is 24.3 Å². The van der Waals surface area contributed by atoms with Crippen LogP contribution in [0.3, 0.4) is 0 Å². The van der Waals surface area contributed by atoms with Crippen LogP contribution in [0.2, 0.25) is 0 Å². The number of hydrogen-bond acceptors (Lipinski definition) is 3. The smallest absolute Gasteiger partial charge is 0.369 e. The van der Waals surface area contributed by atoms with Crippen molar-refractivity contribution in [1.29, 1.82) is 0 Å². The van der Waals surface area contributed by atoms with Crippen molar-refractivity contribution < 1.29 is 22.8 Å². The zero-order chi connectivity index (χ0) is 18.6. The number of carbonyl (C=O) groups excluding carboxylic acids is 2. The highest BCUT2D eigenvalue weighted by Crippen LogP contribution is 2.34. The van der Waals surface area contributed by atoms with E-state index >= 15 is 0 Å². The van der Waals surface area contributed by atoms with E-state index in [1.54, 1.807) is 6.92 Å². The summed E-state index contributed by atoms with van der Waals surface area (Å²) >= 11 is 0. The van der Waals surface area contributed by atoms with Crippen LogP contribution in [0.1, 0.15) is 36.9 Å². The van der Waals surface area contributed by atoms with Gasteiger partial charge >= 0.3 is 6.18 Å². The van der Waals surface area contributed by atoms with E-state index in [1.807, 2.05) is 4.90 Å². The second-order valence-electron chi connectivity index (χ2n) is 6.33. The average molecular weight is 357 g/mol. The van der Waals surface area contributed by atoms with Crippen LogP contribution in [0, 0.1) is 5.92 Å². The summed E-state index contributed by atoms with van der Waals surface area (Å²) in [5.74, 6) is -0.951. The summed E-state index contributed by atoms with van der Waals surface area (Å²) in [5, 5.41) is 2.68. The first-order valence-electron chi connectivity index (χ1n) is 8.15. The number of alkyl halides is 3. The second-order valence-corrected chi connectivity index (χ2v) is 6.33. The van der Waals surface area contributed by atoms with E-state index in [2.05, 4.69) is 5.32 Å². The van der Waals surface area contributed by atoms with Gasteiger partial charge in [-0.2, -0.15) is 13.2 Å². The molecule has 1 heterocycles. The van der Waals surface area contributed by atoms with Crippen molar-refractivity contribution in [3.05, 3.63) is 35.4 Å². The molecule has 0 bridgehead atoms. The molecule has 1 fully saturated rings. The molecular weight excluding hydrogens is 335 g/mol. The first kappa shape index (κ1) is 19.2. The minimum atomic E-state index is -4.46. The van der Waals surface area contributed by atoms with E-state index in [9.17, 15) is 22.8 Å². The maximum atomic E-state index is 13.1. The first-order valence-corrected chi connectivity index (χ1v) is 8.15. The van der Waals surface area contributed by atoms with Gasteiger partial charge in [-0.1, -0.05) is 18.2 Å². The number of nitrogens with one attached hydrogen (secondary N) is 1. The minimum absolute atomic E-state index is 0.0505. The Morgan fingerprint density at radius 2 is 1.88 bits per heavy atom. The van der Waals surface area contributed by atoms with E-state index in [-0.39, 0.29) is 23.9 Å². The lowest BCUT2D eigenvalue weighted by molar-refractivity contribution is -0.139. The minimum Gasteiger partial charge on any atom is -0.369 e. The van der Waals surface area contributed by atoms with Gasteiger partial charge in [0, 0.05) is 5.92 Å². The Hall–Kier alpha value is -2.09. The summed E-state index contributed by atoms with van der Waals surface area (Å²) in [4.78, 5) is 25.1. The van der Waals surface area contributed by atoms with Crippen molar-refractivity contribution in [3.8, 4) is 0 Å². The van der Waals surface area contributed by atoms with Crippen molar-refractivity contribution in [2.24, 2.45) is 11.7 Å². The van der Waals surface area contributed by atoms with Crippen molar-refractivity contribution in [1.82, 2.24) is 10.2 Å². The molecule has 1 atom stereocenters. The number of piperidine rings is 1. The molecule has 2 rings (SSSR count). The SMILES string of the molecule is CC(NC(=O)C1CCN(CC(N)=O)CC1)c1ccccc1C(F)(F)F. The summed E-state index contributed by atoms with van der Waals surface area (Å²) in [6, 6.07) is 4.50. The molecular formula is C17H22F3N3O2. The number of primary amides is 1. The number of amides is 2. The fourth-order valence-corrected chi connectivity index (χ4v) is 3.12. The fraction of sp³-hybridized carbons (Fsp3) is 0.529. The van der Waals surface area contributed by atoms with Gasteiger partial charge < -0.3 is 11.1 Å². The largest absolute Gasteiger partial charge is 0.416 e. The van der Waals surface area contributed by atoms with Crippen molar-refractivity contribution in [2.75, 3.05) is 19.6 Å². The Bertz CT molecular complexity index is 626. The lowest BCUT2D eigenvalue weighted by Gasteiger charge is -2.31. The Morgan fingerprint density at radius 1 is 1.28 bits per heavy atom. The van der Waals surface area contributed by atoms with Crippen LogP contribution in [0.25, 0.3) is 0 Å². The van der Waals surface area contributed by atoms with E-state index in [0.717, 1.165) is 6.07 Å². The average Bonchev–Trinajstić information content (AvgIpc) is 2.54. The molecule has 3 N–H and O–H groups in total. The van der Waals surface area contributed by atoms with Crippen molar-refractivity contribution in [2.45, 2.75) is 32.0 Å². The highest BCUT2D eigenvalue weighted by molar-refractivity contribution is 5.79. The van der Waals surface area contributed by atoms with Crippen LogP contribution < -0.4 is 11.1 Å². The Kier molecular flexibility index (Phi) is 6.05. The maximum absolute atomic E-state index is 13.1. The van der Waals surface area contributed by atoms with Crippen molar-refractivity contribution >= 4 is 11.8 Å². The number of nitrogens with two attached hydrogens (primary N) is 1. The molecule has 138 valence electrons. The monoisotopic (exact) mass is 357 g/mol. The quantitative estimate of drug-likeness (QED) is 0.847. The molecule has 5 nitrogen and oxygen atoms in total. The van der Waals surface area contributed by atoms with Gasteiger partial charge in [0.15, 0.2) is 0 Å². The molecule has 0 spiro atoms. The van der Waals surface area contributed by atoms with Gasteiger partial charge in [-0.25, -0.2) is 0 Å². The number of halogens is 3. The van der Waals surface area contributed by atoms with Gasteiger partial charge in [0.25, 0.3) is 0 Å². The molecule has 0 aliphatic carbocycles. The third kappa shape index (κ3) is 5.19. The van der Waals surface area contributed by atoms with Gasteiger partial charge in [-0.15, -0.1) is 0 Å². The topological polar surface area (TPSA) is 75.4 Å². The lowest BCUT2D eigenvalue weighted by Crippen LogP contribution is -2.43. The molecule has 1 aromatic rings. The first-order chi connectivity index (χ1) is 11.7. The Morgan fingerprint density at radius 3 is 2.44 bits per heavy atom. The van der Waals surface area contributed by atoms with Crippen LogP contribution in [0.5, 0.6) is 0 Å². The molecule has 1 aromatic carbocycles. The molecule has 8 heteroatoms. The van der Waals surface area contributed by atoms with Gasteiger partial charge in [0.1, 0.15) is 0 Å². The van der Waals surface area contributed by atoms with Crippen LogP contribution in [-0.4, -0.2) is 36.3 Å². The lowest BCUT2D eigenvalue weighted by atomic mass is 9.94. The standard InChI is InChI=1S/C17H22F3N3O2/c1-11(13-4-2-3-5-14(13)17(18,19)20)22-16(25)12-6-8-23(9-7-12)10-15(21)24/h2-5,11-12H,6-10H2,1H3,(H2,21,24)(H,22,25). The predicted octanol–water partition coefficient (Wildman–Crippen LogP) is 2.08. The van der Waals surface area contributed by atoms with E-state index in [0.29, 0.717) is 25.9 Å². The number of nitrogens with zero attached hydrogens (tertiary/aromatic N) is 1. The molecule has 0 radical (unpaired) electrons. The number of hydrogen-bond donors (Lipinski definition) is 2. The van der Waals surface area contributed by atoms with Crippen LogP contribution in [0.4, 0.5) is 13.2 Å². The molecule has 0 aromatic heterocycles. The highest BCUT2D eigenvalue weighted by atomic mass is 19.4. The summed E-state index contributed by atoms with van der Waals surface area (Å²) < 4.78 is 39.3. The van der Waals surface area contributed by atoms with Gasteiger partial charge in [-0.05, 0) is 44.5 Å². The molecule has 1 unspecified atom stereocenters. The maximum Gasteiger partial charge on any atom is 0.416 e. The summed E-state index contributed by atoms with van der Waals surface area (Å²) in [6.45, 7) is 2.83. The third-order valence-corrected chi connectivity index (χ3v) is 4.43. The molecule has 25 heavy (non-hydrogen) atoms. The highest BCUT2D eigenvalue weighted by Gasteiger charge is 2.35. The molecule has 1 saturated heterocycles. The number of rotatable bonds is 5. The fourth-order valence-electron chi connectivity index (χ4n) is 3.12. The van der Waals surface area contributed by atoms with E-state index < -0.39 is 23.7 Å². The van der Waals surface area contributed by atoms with Gasteiger partial charge in [-0.3, -0.25) is 14.5 Å². The number of benzene rings is 1. The van der Waals surface area contributed by atoms with Gasteiger partial charge in [0.05, 0.1) is 18.2 Å².